The van der Waals surface area contributed by atoms with Gasteiger partial charge in [0.05, 0.1) is 9.26 Å². The fourth-order valence-corrected chi connectivity index (χ4v) is 1.66. The first-order chi connectivity index (χ1) is 5.68. The molecule has 2 aromatic heterocycles. The smallest absolute Gasteiger partial charge is 0.174 e. The average molecular weight is 274 g/mol. The van der Waals surface area contributed by atoms with Crippen molar-refractivity contribution in [3.8, 4) is 0 Å². The third kappa shape index (κ3) is 1.10. The SMILES string of the molecule is Cc1nc(C)c2occ(I)c2n1. The van der Waals surface area contributed by atoms with E-state index in [1.54, 1.807) is 6.26 Å². The van der Waals surface area contributed by atoms with Crippen molar-refractivity contribution in [3.63, 3.8) is 0 Å². The summed E-state index contributed by atoms with van der Waals surface area (Å²) in [5.74, 6) is 0.791. The summed E-state index contributed by atoms with van der Waals surface area (Å²) in [6, 6.07) is 0. The van der Waals surface area contributed by atoms with E-state index >= 15 is 0 Å². The third-order valence-electron chi connectivity index (χ3n) is 1.65. The van der Waals surface area contributed by atoms with Crippen LogP contribution < -0.4 is 0 Å². The summed E-state index contributed by atoms with van der Waals surface area (Å²) < 4.78 is 6.34. The lowest BCUT2D eigenvalue weighted by molar-refractivity contribution is 0.607. The molecule has 0 atom stereocenters. The van der Waals surface area contributed by atoms with Crippen molar-refractivity contribution in [2.24, 2.45) is 0 Å². The Labute approximate surface area is 83.3 Å². The van der Waals surface area contributed by atoms with E-state index in [2.05, 4.69) is 32.6 Å². The number of hydrogen-bond donors (Lipinski definition) is 0. The van der Waals surface area contributed by atoms with E-state index in [-0.39, 0.29) is 0 Å². The molecule has 0 saturated carbocycles. The van der Waals surface area contributed by atoms with Crippen LogP contribution in [0.1, 0.15) is 11.5 Å². The number of fused-ring (bicyclic) bond motifs is 1. The summed E-state index contributed by atoms with van der Waals surface area (Å²) in [7, 11) is 0. The van der Waals surface area contributed by atoms with Crippen molar-refractivity contribution in [2.45, 2.75) is 13.8 Å². The summed E-state index contributed by atoms with van der Waals surface area (Å²) >= 11 is 2.20. The van der Waals surface area contributed by atoms with E-state index < -0.39 is 0 Å². The fraction of sp³-hybridized carbons (Fsp3) is 0.250. The van der Waals surface area contributed by atoms with E-state index in [0.29, 0.717) is 0 Å². The first kappa shape index (κ1) is 7.97. The summed E-state index contributed by atoms with van der Waals surface area (Å²) in [5, 5.41) is 0. The van der Waals surface area contributed by atoms with Crippen LogP contribution in [0.15, 0.2) is 10.7 Å². The summed E-state index contributed by atoms with van der Waals surface area (Å²) in [6.07, 6.45) is 1.70. The van der Waals surface area contributed by atoms with Gasteiger partial charge in [-0.05, 0) is 36.4 Å². The lowest BCUT2D eigenvalue weighted by Crippen LogP contribution is -1.91. The van der Waals surface area contributed by atoms with Crippen molar-refractivity contribution < 1.29 is 4.42 Å². The quantitative estimate of drug-likeness (QED) is 0.692. The monoisotopic (exact) mass is 274 g/mol. The molecule has 62 valence electrons. The van der Waals surface area contributed by atoms with Gasteiger partial charge in [0.25, 0.3) is 0 Å². The molecule has 0 unspecified atom stereocenters. The first-order valence-corrected chi connectivity index (χ1v) is 4.64. The molecule has 0 amide bonds. The van der Waals surface area contributed by atoms with Crippen LogP contribution >= 0.6 is 22.6 Å². The van der Waals surface area contributed by atoms with Crippen molar-refractivity contribution in [3.05, 3.63) is 21.4 Å². The second-order valence-electron chi connectivity index (χ2n) is 2.62. The molecule has 3 nitrogen and oxygen atoms in total. The predicted octanol–water partition coefficient (Wildman–Crippen LogP) is 2.44. The van der Waals surface area contributed by atoms with Crippen molar-refractivity contribution >= 4 is 33.7 Å². The van der Waals surface area contributed by atoms with E-state index in [4.69, 9.17) is 4.42 Å². The molecular formula is C8H7IN2O. The molecule has 12 heavy (non-hydrogen) atoms. The Morgan fingerprint density at radius 3 is 2.83 bits per heavy atom. The van der Waals surface area contributed by atoms with Crippen LogP contribution in [0.2, 0.25) is 0 Å². The van der Waals surface area contributed by atoms with Gasteiger partial charge in [0.2, 0.25) is 0 Å². The number of halogens is 1. The Bertz CT molecular complexity index is 436. The van der Waals surface area contributed by atoms with Crippen LogP contribution in [-0.4, -0.2) is 9.97 Å². The van der Waals surface area contributed by atoms with Crippen LogP contribution in [-0.2, 0) is 0 Å². The molecule has 2 aromatic rings. The molecular weight excluding hydrogens is 267 g/mol. The van der Waals surface area contributed by atoms with Crippen molar-refractivity contribution in [1.82, 2.24) is 9.97 Å². The zero-order valence-electron chi connectivity index (χ0n) is 6.76. The van der Waals surface area contributed by atoms with E-state index in [0.717, 1.165) is 26.2 Å². The van der Waals surface area contributed by atoms with E-state index in [1.807, 2.05) is 13.8 Å². The standard InChI is InChI=1S/C8H7IN2O/c1-4-8-7(6(9)3-12-8)11-5(2)10-4/h3H,1-2H3. The molecule has 0 bridgehead atoms. The van der Waals surface area contributed by atoms with E-state index in [1.165, 1.54) is 0 Å². The van der Waals surface area contributed by atoms with Gasteiger partial charge in [-0.1, -0.05) is 0 Å². The number of hydrogen-bond acceptors (Lipinski definition) is 3. The molecule has 0 aromatic carbocycles. The molecule has 0 aliphatic heterocycles. The highest BCUT2D eigenvalue weighted by Crippen LogP contribution is 2.22. The second kappa shape index (κ2) is 2.69. The lowest BCUT2D eigenvalue weighted by Gasteiger charge is -1.95. The molecule has 0 N–H and O–H groups in total. The molecule has 4 heteroatoms. The highest BCUT2D eigenvalue weighted by molar-refractivity contribution is 14.1. The van der Waals surface area contributed by atoms with Gasteiger partial charge >= 0.3 is 0 Å². The van der Waals surface area contributed by atoms with Gasteiger partial charge in [-0.25, -0.2) is 9.97 Å². The van der Waals surface area contributed by atoms with Gasteiger partial charge in [-0.3, -0.25) is 0 Å². The largest absolute Gasteiger partial charge is 0.460 e. The molecule has 0 fully saturated rings. The third-order valence-corrected chi connectivity index (χ3v) is 2.42. The predicted molar refractivity (Wildman–Crippen MR) is 54.0 cm³/mol. The van der Waals surface area contributed by atoms with Crippen LogP contribution in [0.5, 0.6) is 0 Å². The minimum atomic E-state index is 0.791. The van der Waals surface area contributed by atoms with Crippen LogP contribution in [0.4, 0.5) is 0 Å². The van der Waals surface area contributed by atoms with Gasteiger partial charge in [-0.2, -0.15) is 0 Å². The molecule has 0 spiro atoms. The van der Waals surface area contributed by atoms with Gasteiger partial charge in [0.1, 0.15) is 17.6 Å². The summed E-state index contributed by atoms with van der Waals surface area (Å²) in [5.41, 5.74) is 2.62. The highest BCUT2D eigenvalue weighted by Gasteiger charge is 2.08. The van der Waals surface area contributed by atoms with Gasteiger partial charge < -0.3 is 4.42 Å². The normalized spacial score (nSPS) is 10.9. The minimum Gasteiger partial charge on any atom is -0.460 e. The topological polar surface area (TPSA) is 38.9 Å². The molecule has 2 rings (SSSR count). The van der Waals surface area contributed by atoms with Crippen LogP contribution in [0.25, 0.3) is 11.1 Å². The Morgan fingerprint density at radius 1 is 1.33 bits per heavy atom. The Morgan fingerprint density at radius 2 is 2.08 bits per heavy atom. The van der Waals surface area contributed by atoms with Gasteiger partial charge in [0, 0.05) is 0 Å². The van der Waals surface area contributed by atoms with E-state index in [9.17, 15) is 0 Å². The molecule has 2 heterocycles. The molecule has 0 aliphatic rings. The summed E-state index contributed by atoms with van der Waals surface area (Å²) in [6.45, 7) is 3.81. The van der Waals surface area contributed by atoms with Crippen molar-refractivity contribution in [2.75, 3.05) is 0 Å². The minimum absolute atomic E-state index is 0.791. The van der Waals surface area contributed by atoms with Crippen LogP contribution in [0.3, 0.4) is 0 Å². The maximum atomic E-state index is 5.30. The maximum absolute atomic E-state index is 5.30. The Hall–Kier alpha value is -0.650. The number of furan rings is 1. The number of aromatic nitrogens is 2. The molecule has 0 saturated heterocycles. The van der Waals surface area contributed by atoms with Crippen LogP contribution in [0, 0.1) is 17.4 Å². The molecule has 0 radical (unpaired) electrons. The summed E-state index contributed by atoms with van der Waals surface area (Å²) in [4.78, 5) is 8.49. The zero-order chi connectivity index (χ0) is 8.72. The highest BCUT2D eigenvalue weighted by atomic mass is 127. The number of aryl methyl sites for hydroxylation is 2. The Balaban J connectivity index is 2.92. The average Bonchev–Trinajstić information content (AvgIpc) is 2.33. The fourth-order valence-electron chi connectivity index (χ4n) is 1.17. The maximum Gasteiger partial charge on any atom is 0.174 e. The number of nitrogens with zero attached hydrogens (tertiary/aromatic N) is 2. The Kier molecular flexibility index (Phi) is 1.79. The van der Waals surface area contributed by atoms with Gasteiger partial charge in [0.15, 0.2) is 5.58 Å². The second-order valence-corrected chi connectivity index (χ2v) is 3.78. The van der Waals surface area contributed by atoms with Crippen molar-refractivity contribution in [1.29, 1.82) is 0 Å². The first-order valence-electron chi connectivity index (χ1n) is 3.56. The lowest BCUT2D eigenvalue weighted by atomic mass is 10.3. The number of rotatable bonds is 0. The zero-order valence-corrected chi connectivity index (χ0v) is 8.92. The molecule has 0 aliphatic carbocycles. The van der Waals surface area contributed by atoms with Gasteiger partial charge in [-0.15, -0.1) is 0 Å².